The van der Waals surface area contributed by atoms with E-state index in [4.69, 9.17) is 16.7 Å². The van der Waals surface area contributed by atoms with E-state index in [1.807, 2.05) is 25.1 Å². The fourth-order valence-corrected chi connectivity index (χ4v) is 4.66. The van der Waals surface area contributed by atoms with Crippen LogP contribution in [0.2, 0.25) is 5.02 Å². The van der Waals surface area contributed by atoms with Gasteiger partial charge < -0.3 is 20.4 Å². The summed E-state index contributed by atoms with van der Waals surface area (Å²) >= 11 is 6.33. The number of aromatic nitrogens is 4. The van der Waals surface area contributed by atoms with Crippen LogP contribution in [0.4, 0.5) is 17.5 Å². The van der Waals surface area contributed by atoms with Crippen LogP contribution in [0.1, 0.15) is 37.4 Å². The molecule has 11 heteroatoms. The molecule has 2 aliphatic rings. The smallest absolute Gasteiger partial charge is 0.236 e. The number of carbonyl (C=O) groups is 1. The third-order valence-corrected chi connectivity index (χ3v) is 6.87. The first-order valence-electron chi connectivity index (χ1n) is 12.1. The van der Waals surface area contributed by atoms with Crippen molar-refractivity contribution in [2.24, 2.45) is 0 Å². The highest BCUT2D eigenvalue weighted by atomic mass is 35.5. The average Bonchev–Trinajstić information content (AvgIpc) is 3.08. The van der Waals surface area contributed by atoms with Crippen molar-refractivity contribution in [2.75, 3.05) is 70.5 Å². The van der Waals surface area contributed by atoms with Crippen LogP contribution in [0, 0.1) is 6.92 Å². The molecular weight excluding hydrogens is 454 g/mol. The van der Waals surface area contributed by atoms with Crippen LogP contribution in [0.25, 0.3) is 0 Å². The van der Waals surface area contributed by atoms with Crippen LogP contribution in [0.3, 0.4) is 0 Å². The minimum atomic E-state index is 0.197. The topological polar surface area (TPSA) is 94.5 Å². The first-order valence-corrected chi connectivity index (χ1v) is 12.5. The molecule has 0 atom stereocenters. The molecule has 0 bridgehead atoms. The largest absolute Gasteiger partial charge is 0.369 e. The maximum Gasteiger partial charge on any atom is 0.236 e. The Bertz CT molecular complexity index is 973. The molecule has 0 aliphatic carbocycles. The van der Waals surface area contributed by atoms with Gasteiger partial charge in [0.25, 0.3) is 0 Å². The Morgan fingerprint density at radius 1 is 1.15 bits per heavy atom. The van der Waals surface area contributed by atoms with E-state index >= 15 is 0 Å². The van der Waals surface area contributed by atoms with Crippen LogP contribution >= 0.6 is 11.6 Å². The SMILES string of the molecule is Cc1nn(C2CCN(C)CC2)cc1Nc1ncc(Cl)c(NCCCN2CCCN(C)CC2=O)n1. The average molecular weight is 490 g/mol. The third kappa shape index (κ3) is 6.37. The normalized spacial score (nSPS) is 18.8. The minimum Gasteiger partial charge on any atom is -0.369 e. The Morgan fingerprint density at radius 3 is 2.74 bits per heavy atom. The molecule has 2 N–H and O–H groups in total. The van der Waals surface area contributed by atoms with Gasteiger partial charge in [0, 0.05) is 32.4 Å². The summed E-state index contributed by atoms with van der Waals surface area (Å²) in [5.74, 6) is 1.26. The van der Waals surface area contributed by atoms with Gasteiger partial charge in [0.05, 0.1) is 30.2 Å². The summed E-state index contributed by atoms with van der Waals surface area (Å²) < 4.78 is 2.07. The summed E-state index contributed by atoms with van der Waals surface area (Å²) in [5.41, 5.74) is 1.82. The maximum atomic E-state index is 12.3. The highest BCUT2D eigenvalue weighted by Gasteiger charge is 2.21. The fraction of sp³-hybridized carbons (Fsp3) is 0.652. The molecule has 2 fully saturated rings. The molecule has 0 saturated carbocycles. The van der Waals surface area contributed by atoms with Crippen molar-refractivity contribution in [3.63, 3.8) is 0 Å². The van der Waals surface area contributed by atoms with Crippen LogP contribution in [-0.2, 0) is 4.79 Å². The molecule has 10 nitrogen and oxygen atoms in total. The molecule has 2 aromatic heterocycles. The van der Waals surface area contributed by atoms with E-state index in [1.54, 1.807) is 6.20 Å². The number of anilines is 3. The lowest BCUT2D eigenvalue weighted by Gasteiger charge is -2.28. The summed E-state index contributed by atoms with van der Waals surface area (Å²) in [7, 11) is 4.15. The lowest BCUT2D eigenvalue weighted by Crippen LogP contribution is -2.36. The second-order valence-corrected chi connectivity index (χ2v) is 9.82. The Hall–Kier alpha value is -2.43. The first-order chi connectivity index (χ1) is 16.4. The van der Waals surface area contributed by atoms with Gasteiger partial charge in [-0.3, -0.25) is 14.4 Å². The van der Waals surface area contributed by atoms with Crippen molar-refractivity contribution in [3.8, 4) is 0 Å². The van der Waals surface area contributed by atoms with Crippen LogP contribution in [-0.4, -0.2) is 100 Å². The molecule has 0 spiro atoms. The maximum absolute atomic E-state index is 12.3. The molecule has 2 aromatic rings. The Kier molecular flexibility index (Phi) is 8.23. The van der Waals surface area contributed by atoms with E-state index < -0.39 is 0 Å². The third-order valence-electron chi connectivity index (χ3n) is 6.59. The molecule has 0 aromatic carbocycles. The highest BCUT2D eigenvalue weighted by molar-refractivity contribution is 6.32. The lowest BCUT2D eigenvalue weighted by molar-refractivity contribution is -0.130. The van der Waals surface area contributed by atoms with E-state index in [1.165, 1.54) is 0 Å². The number of hydrogen-bond donors (Lipinski definition) is 2. The summed E-state index contributed by atoms with van der Waals surface area (Å²) in [6, 6.07) is 0.422. The summed E-state index contributed by atoms with van der Waals surface area (Å²) in [5, 5.41) is 11.8. The standard InChI is InChI=1S/C23H36ClN9O/c1-17-20(15-33(29-17)18-6-12-30(2)13-7-18)27-23-26-14-19(24)22(28-23)25-8-4-10-32-11-5-9-31(3)16-21(32)34/h14-15,18H,4-13,16H2,1-3H3,(H2,25,26,27,28). The van der Waals surface area contributed by atoms with Crippen molar-refractivity contribution < 1.29 is 4.79 Å². The van der Waals surface area contributed by atoms with E-state index in [2.05, 4.69) is 42.1 Å². The Labute approximate surface area is 206 Å². The minimum absolute atomic E-state index is 0.197. The Morgan fingerprint density at radius 2 is 1.94 bits per heavy atom. The molecule has 1 amide bonds. The zero-order valence-corrected chi connectivity index (χ0v) is 21.2. The molecule has 186 valence electrons. The van der Waals surface area contributed by atoms with Crippen LogP contribution in [0.15, 0.2) is 12.4 Å². The van der Waals surface area contributed by atoms with Crippen molar-refractivity contribution in [1.82, 2.24) is 34.4 Å². The van der Waals surface area contributed by atoms with Crippen molar-refractivity contribution in [1.29, 1.82) is 0 Å². The number of halogens is 1. The van der Waals surface area contributed by atoms with E-state index in [0.29, 0.717) is 35.9 Å². The van der Waals surface area contributed by atoms with Crippen molar-refractivity contribution in [3.05, 3.63) is 23.1 Å². The molecule has 4 rings (SSSR count). The second kappa shape index (κ2) is 11.3. The molecule has 2 aliphatic heterocycles. The number of rotatable bonds is 8. The molecule has 4 heterocycles. The van der Waals surface area contributed by atoms with E-state index in [-0.39, 0.29) is 5.91 Å². The quantitative estimate of drug-likeness (QED) is 0.546. The van der Waals surface area contributed by atoms with E-state index in [0.717, 1.165) is 69.8 Å². The molecular formula is C23H36ClN9O. The number of aryl methyl sites for hydroxylation is 1. The van der Waals surface area contributed by atoms with Crippen LogP contribution in [0.5, 0.6) is 0 Å². The number of nitrogens with one attached hydrogen (secondary N) is 2. The van der Waals surface area contributed by atoms with Gasteiger partial charge in [-0.1, -0.05) is 11.6 Å². The summed E-state index contributed by atoms with van der Waals surface area (Å²) in [4.78, 5) is 27.6. The van der Waals surface area contributed by atoms with Gasteiger partial charge in [0.2, 0.25) is 11.9 Å². The second-order valence-electron chi connectivity index (χ2n) is 9.41. The van der Waals surface area contributed by atoms with Gasteiger partial charge in [-0.25, -0.2) is 4.98 Å². The molecule has 0 unspecified atom stereocenters. The number of piperidine rings is 1. The zero-order valence-electron chi connectivity index (χ0n) is 20.4. The van der Waals surface area contributed by atoms with Gasteiger partial charge in [-0.05, 0) is 59.8 Å². The lowest BCUT2D eigenvalue weighted by atomic mass is 10.1. The number of amides is 1. The number of likely N-dealkylation sites (N-methyl/N-ethyl adjacent to an activating group) is 1. The summed E-state index contributed by atoms with van der Waals surface area (Å²) in [6.07, 6.45) is 7.68. The van der Waals surface area contributed by atoms with Crippen molar-refractivity contribution in [2.45, 2.75) is 38.6 Å². The highest BCUT2D eigenvalue weighted by Crippen LogP contribution is 2.26. The molecule has 0 radical (unpaired) electrons. The number of nitrogens with zero attached hydrogens (tertiary/aromatic N) is 7. The van der Waals surface area contributed by atoms with Crippen molar-refractivity contribution >= 4 is 35.0 Å². The predicted molar refractivity (Wildman–Crippen MR) is 135 cm³/mol. The fourth-order valence-electron chi connectivity index (χ4n) is 4.50. The monoisotopic (exact) mass is 489 g/mol. The number of likely N-dealkylation sites (tertiary alicyclic amines) is 1. The first kappa shape index (κ1) is 24.7. The number of carbonyl (C=O) groups excluding carboxylic acids is 1. The molecule has 34 heavy (non-hydrogen) atoms. The van der Waals surface area contributed by atoms with Gasteiger partial charge in [0.1, 0.15) is 10.8 Å². The predicted octanol–water partition coefficient (Wildman–Crippen LogP) is 2.61. The van der Waals surface area contributed by atoms with E-state index in [9.17, 15) is 4.79 Å². The van der Waals surface area contributed by atoms with Gasteiger partial charge >= 0.3 is 0 Å². The Balaban J connectivity index is 1.31. The van der Waals surface area contributed by atoms with Gasteiger partial charge in [-0.15, -0.1) is 0 Å². The molecule has 2 saturated heterocycles. The van der Waals surface area contributed by atoms with Gasteiger partial charge in [-0.2, -0.15) is 10.1 Å². The van der Waals surface area contributed by atoms with Crippen LogP contribution < -0.4 is 10.6 Å². The number of hydrogen-bond acceptors (Lipinski definition) is 8. The van der Waals surface area contributed by atoms with Gasteiger partial charge in [0.15, 0.2) is 0 Å². The zero-order chi connectivity index (χ0) is 24.1. The summed E-state index contributed by atoms with van der Waals surface area (Å²) in [6.45, 7) is 7.83.